The molecular weight excluding hydrogens is 315 g/mol. The van der Waals surface area contributed by atoms with E-state index in [1.54, 1.807) is 0 Å². The van der Waals surface area contributed by atoms with Crippen molar-refractivity contribution >= 4 is 18.3 Å². The molecule has 0 spiro atoms. The predicted molar refractivity (Wildman–Crippen MR) is 92.4 cm³/mol. The van der Waals surface area contributed by atoms with Crippen molar-refractivity contribution in [1.29, 1.82) is 0 Å². The summed E-state index contributed by atoms with van der Waals surface area (Å²) in [6.07, 6.45) is 6.36. The number of hydrogen-bond acceptors (Lipinski definition) is 2. The van der Waals surface area contributed by atoms with Crippen molar-refractivity contribution in [2.24, 2.45) is 5.92 Å². The van der Waals surface area contributed by atoms with Crippen LogP contribution in [-0.4, -0.2) is 25.5 Å². The molecule has 3 nitrogen and oxygen atoms in total. The van der Waals surface area contributed by atoms with Gasteiger partial charge in [0.25, 0.3) is 0 Å². The van der Waals surface area contributed by atoms with Crippen molar-refractivity contribution in [2.75, 3.05) is 19.6 Å². The smallest absolute Gasteiger partial charge is 0.223 e. The molecule has 3 rings (SSSR count). The van der Waals surface area contributed by atoms with E-state index in [1.165, 1.54) is 25.0 Å². The van der Waals surface area contributed by atoms with E-state index in [0.29, 0.717) is 6.54 Å². The van der Waals surface area contributed by atoms with Crippen molar-refractivity contribution in [3.63, 3.8) is 0 Å². The van der Waals surface area contributed by atoms with E-state index in [9.17, 15) is 9.18 Å². The van der Waals surface area contributed by atoms with Crippen LogP contribution < -0.4 is 10.6 Å². The van der Waals surface area contributed by atoms with Crippen LogP contribution in [0.1, 0.15) is 44.1 Å². The van der Waals surface area contributed by atoms with E-state index in [1.807, 2.05) is 12.1 Å². The first kappa shape index (κ1) is 18.2. The second kappa shape index (κ2) is 8.11. The van der Waals surface area contributed by atoms with E-state index in [-0.39, 0.29) is 35.5 Å². The molecule has 0 unspecified atom stereocenters. The lowest BCUT2D eigenvalue weighted by Gasteiger charge is -2.31. The van der Waals surface area contributed by atoms with Gasteiger partial charge in [0.05, 0.1) is 0 Å². The van der Waals surface area contributed by atoms with Gasteiger partial charge in [0.2, 0.25) is 5.91 Å². The number of nitrogens with one attached hydrogen (secondary N) is 2. The molecule has 128 valence electrons. The standard InChI is InChI=1S/C18H25FN2O.ClH/c19-16-5-3-15(4-6-16)18(9-1-2-10-18)13-21-17(22)14-7-11-20-12-8-14;/h3-6,14,20H,1-2,7-13H2,(H,21,22);1H. The van der Waals surface area contributed by atoms with Crippen LogP contribution in [0.2, 0.25) is 0 Å². The molecule has 0 bridgehead atoms. The summed E-state index contributed by atoms with van der Waals surface area (Å²) in [6, 6.07) is 6.84. The van der Waals surface area contributed by atoms with Crippen LogP contribution in [0.3, 0.4) is 0 Å². The maximum Gasteiger partial charge on any atom is 0.223 e. The molecule has 1 aromatic carbocycles. The second-order valence-corrected chi connectivity index (χ2v) is 6.74. The highest BCUT2D eigenvalue weighted by Crippen LogP contribution is 2.40. The summed E-state index contributed by atoms with van der Waals surface area (Å²) < 4.78 is 13.2. The fourth-order valence-corrected chi connectivity index (χ4v) is 3.91. The van der Waals surface area contributed by atoms with Gasteiger partial charge in [-0.15, -0.1) is 12.4 Å². The highest BCUT2D eigenvalue weighted by molar-refractivity contribution is 5.85. The van der Waals surface area contributed by atoms with Crippen LogP contribution >= 0.6 is 12.4 Å². The molecule has 2 fully saturated rings. The lowest BCUT2D eigenvalue weighted by Crippen LogP contribution is -2.44. The Morgan fingerprint density at radius 3 is 2.39 bits per heavy atom. The maximum absolute atomic E-state index is 13.2. The van der Waals surface area contributed by atoms with Crippen molar-refractivity contribution in [1.82, 2.24) is 10.6 Å². The van der Waals surface area contributed by atoms with Gasteiger partial charge in [0.15, 0.2) is 0 Å². The van der Waals surface area contributed by atoms with E-state index in [4.69, 9.17) is 0 Å². The summed E-state index contributed by atoms with van der Waals surface area (Å²) in [4.78, 5) is 12.4. The van der Waals surface area contributed by atoms with Gasteiger partial charge in [0, 0.05) is 17.9 Å². The number of rotatable bonds is 4. The molecule has 2 aliphatic rings. The Labute approximate surface area is 143 Å². The van der Waals surface area contributed by atoms with Gasteiger partial charge in [-0.2, -0.15) is 0 Å². The van der Waals surface area contributed by atoms with Gasteiger partial charge in [-0.1, -0.05) is 25.0 Å². The molecule has 1 aliphatic carbocycles. The first-order chi connectivity index (χ1) is 10.7. The summed E-state index contributed by atoms with van der Waals surface area (Å²) in [6.45, 7) is 2.55. The third-order valence-electron chi connectivity index (χ3n) is 5.33. The Kier molecular flexibility index (Phi) is 6.42. The van der Waals surface area contributed by atoms with E-state index in [2.05, 4.69) is 10.6 Å². The molecule has 1 saturated carbocycles. The first-order valence-corrected chi connectivity index (χ1v) is 8.44. The maximum atomic E-state index is 13.2. The molecule has 2 N–H and O–H groups in total. The third-order valence-corrected chi connectivity index (χ3v) is 5.33. The van der Waals surface area contributed by atoms with Crippen LogP contribution in [0, 0.1) is 11.7 Å². The fraction of sp³-hybridized carbons (Fsp3) is 0.611. The highest BCUT2D eigenvalue weighted by atomic mass is 35.5. The van der Waals surface area contributed by atoms with Crippen LogP contribution in [0.4, 0.5) is 4.39 Å². The van der Waals surface area contributed by atoms with Gasteiger partial charge in [0.1, 0.15) is 5.82 Å². The quantitative estimate of drug-likeness (QED) is 0.884. The number of piperidine rings is 1. The lowest BCUT2D eigenvalue weighted by molar-refractivity contribution is -0.126. The molecule has 0 aromatic heterocycles. The third kappa shape index (κ3) is 4.24. The van der Waals surface area contributed by atoms with Crippen molar-refractivity contribution in [2.45, 2.75) is 43.9 Å². The normalized spacial score (nSPS) is 20.7. The predicted octanol–water partition coefficient (Wildman–Crippen LogP) is 3.18. The minimum absolute atomic E-state index is 0. The summed E-state index contributed by atoms with van der Waals surface area (Å²) in [5.74, 6) is 0.137. The van der Waals surface area contributed by atoms with Crippen LogP contribution in [0.25, 0.3) is 0 Å². The topological polar surface area (TPSA) is 41.1 Å². The number of hydrogen-bond donors (Lipinski definition) is 2. The average molecular weight is 341 g/mol. The van der Waals surface area contributed by atoms with E-state index in [0.717, 1.165) is 44.3 Å². The Morgan fingerprint density at radius 1 is 1.17 bits per heavy atom. The number of benzene rings is 1. The molecule has 1 aliphatic heterocycles. The molecule has 1 aromatic rings. The number of halogens is 2. The molecule has 1 saturated heterocycles. The summed E-state index contributed by atoms with van der Waals surface area (Å²) in [5.41, 5.74) is 1.16. The molecule has 0 atom stereocenters. The minimum Gasteiger partial charge on any atom is -0.355 e. The Morgan fingerprint density at radius 2 is 1.78 bits per heavy atom. The largest absolute Gasteiger partial charge is 0.355 e. The summed E-state index contributed by atoms with van der Waals surface area (Å²) >= 11 is 0. The monoisotopic (exact) mass is 340 g/mol. The fourth-order valence-electron chi connectivity index (χ4n) is 3.91. The Hall–Kier alpha value is -1.13. The molecule has 0 radical (unpaired) electrons. The van der Waals surface area contributed by atoms with E-state index >= 15 is 0 Å². The number of carbonyl (C=O) groups excluding carboxylic acids is 1. The molecule has 5 heteroatoms. The van der Waals surface area contributed by atoms with Gasteiger partial charge in [-0.05, 0) is 56.5 Å². The Bertz CT molecular complexity index is 508. The van der Waals surface area contributed by atoms with Gasteiger partial charge in [-0.3, -0.25) is 4.79 Å². The second-order valence-electron chi connectivity index (χ2n) is 6.74. The van der Waals surface area contributed by atoms with Gasteiger partial charge in [-0.25, -0.2) is 4.39 Å². The van der Waals surface area contributed by atoms with Gasteiger partial charge >= 0.3 is 0 Å². The SMILES string of the molecule is Cl.O=C(NCC1(c2ccc(F)cc2)CCCC1)C1CCNCC1. The zero-order valence-corrected chi connectivity index (χ0v) is 14.3. The summed E-state index contributed by atoms with van der Waals surface area (Å²) in [5, 5.41) is 6.48. The number of amides is 1. The van der Waals surface area contributed by atoms with Crippen LogP contribution in [0.15, 0.2) is 24.3 Å². The van der Waals surface area contributed by atoms with E-state index < -0.39 is 0 Å². The molecule has 23 heavy (non-hydrogen) atoms. The highest BCUT2D eigenvalue weighted by Gasteiger charge is 2.36. The summed E-state index contributed by atoms with van der Waals surface area (Å²) in [7, 11) is 0. The van der Waals surface area contributed by atoms with Crippen LogP contribution in [0.5, 0.6) is 0 Å². The molecule has 1 amide bonds. The van der Waals surface area contributed by atoms with Crippen molar-refractivity contribution < 1.29 is 9.18 Å². The number of carbonyl (C=O) groups is 1. The minimum atomic E-state index is -0.198. The lowest BCUT2D eigenvalue weighted by atomic mass is 9.78. The first-order valence-electron chi connectivity index (χ1n) is 8.44. The Balaban J connectivity index is 0.00000192. The van der Waals surface area contributed by atoms with Gasteiger partial charge < -0.3 is 10.6 Å². The van der Waals surface area contributed by atoms with Crippen LogP contribution in [-0.2, 0) is 10.2 Å². The zero-order chi connectivity index (χ0) is 15.4. The molecule has 1 heterocycles. The average Bonchev–Trinajstić information content (AvgIpc) is 3.04. The zero-order valence-electron chi connectivity index (χ0n) is 13.4. The van der Waals surface area contributed by atoms with Crippen molar-refractivity contribution in [3.05, 3.63) is 35.6 Å². The molecular formula is C18H26ClFN2O. The van der Waals surface area contributed by atoms with Crippen molar-refractivity contribution in [3.8, 4) is 0 Å².